The summed E-state index contributed by atoms with van der Waals surface area (Å²) in [4.78, 5) is 1.47. The normalized spacial score (nSPS) is 25.1. The molecule has 0 saturated carbocycles. The van der Waals surface area contributed by atoms with E-state index in [1.54, 1.807) is 0 Å². The van der Waals surface area contributed by atoms with E-state index in [4.69, 9.17) is 0 Å². The Morgan fingerprint density at radius 1 is 0.875 bits per heavy atom. The van der Waals surface area contributed by atoms with Gasteiger partial charge in [0.25, 0.3) is 0 Å². The van der Waals surface area contributed by atoms with Gasteiger partial charge in [0, 0.05) is 0 Å². The first-order valence-electron chi connectivity index (χ1n) is 3.56. The van der Waals surface area contributed by atoms with E-state index in [9.17, 15) is 0 Å². The molecule has 0 atom stereocenters. The molecular formula is C7H15N. The van der Waals surface area contributed by atoms with Gasteiger partial charge in [0.15, 0.2) is 0 Å². The Hall–Kier alpha value is -0.0400. The summed E-state index contributed by atoms with van der Waals surface area (Å²) >= 11 is 0. The maximum Gasteiger partial charge on any atom is 0.0530 e. The predicted octanol–water partition coefficient (Wildman–Crippen LogP) is 0.237. The Morgan fingerprint density at radius 2 is 1.38 bits per heavy atom. The van der Waals surface area contributed by atoms with Crippen molar-refractivity contribution in [2.24, 2.45) is 0 Å². The largest absolute Gasteiger partial charge is 0.468 e. The number of likely N-dealkylation sites (tertiary alicyclic amines) is 1. The third-order valence-corrected chi connectivity index (χ3v) is 1.81. The summed E-state index contributed by atoms with van der Waals surface area (Å²) in [6.45, 7) is 2.58. The van der Waals surface area contributed by atoms with Crippen LogP contribution in [0.3, 0.4) is 0 Å². The summed E-state index contributed by atoms with van der Waals surface area (Å²) < 4.78 is 0. The van der Waals surface area contributed by atoms with Crippen LogP contribution in [0.5, 0.6) is 0 Å². The van der Waals surface area contributed by atoms with Crippen molar-refractivity contribution in [3.8, 4) is 0 Å². The fourth-order valence-electron chi connectivity index (χ4n) is 1.23. The molecule has 48 valence electrons. The topological polar surface area (TPSA) is 4.44 Å². The number of hydrogen-bond donors (Lipinski definition) is 1. The number of nitrogens with one attached hydrogen (secondary N) is 1. The number of quaternary nitrogens is 1. The van der Waals surface area contributed by atoms with Crippen LogP contribution in [0, 0.1) is 7.05 Å². The molecule has 0 aromatic heterocycles. The highest BCUT2D eigenvalue weighted by Crippen LogP contribution is 1.98. The van der Waals surface area contributed by atoms with Gasteiger partial charge in [-0.2, -0.15) is 7.05 Å². The molecule has 0 aromatic rings. The molecule has 1 aliphatic rings. The zero-order chi connectivity index (χ0) is 5.82. The molecule has 0 spiro atoms. The summed E-state index contributed by atoms with van der Waals surface area (Å²) in [5.74, 6) is 0. The van der Waals surface area contributed by atoms with Crippen LogP contribution in [-0.4, -0.2) is 13.1 Å². The van der Waals surface area contributed by atoms with E-state index in [2.05, 4.69) is 7.05 Å². The summed E-state index contributed by atoms with van der Waals surface area (Å²) in [7, 11) is 3.97. The molecule has 1 aliphatic heterocycles. The van der Waals surface area contributed by atoms with E-state index >= 15 is 0 Å². The molecule has 0 bridgehead atoms. The monoisotopic (exact) mass is 113 g/mol. The molecule has 1 rings (SSSR count). The molecule has 1 N–H and O–H groups in total. The Morgan fingerprint density at radius 3 is 1.88 bits per heavy atom. The molecule has 0 aromatic carbocycles. The van der Waals surface area contributed by atoms with Crippen LogP contribution in [-0.2, 0) is 0 Å². The minimum atomic E-state index is 1.29. The van der Waals surface area contributed by atoms with Crippen molar-refractivity contribution in [3.05, 3.63) is 7.05 Å². The first-order chi connectivity index (χ1) is 3.89. The van der Waals surface area contributed by atoms with E-state index < -0.39 is 0 Å². The van der Waals surface area contributed by atoms with E-state index in [1.165, 1.54) is 43.7 Å². The quantitative estimate of drug-likeness (QED) is 0.429. The van der Waals surface area contributed by atoms with Gasteiger partial charge in [0.05, 0.1) is 13.1 Å². The predicted molar refractivity (Wildman–Crippen MR) is 34.5 cm³/mol. The minimum Gasteiger partial charge on any atom is -0.468 e. The van der Waals surface area contributed by atoms with Crippen LogP contribution >= 0.6 is 0 Å². The molecule has 1 fully saturated rings. The lowest BCUT2D eigenvalue weighted by molar-refractivity contribution is -0.852. The van der Waals surface area contributed by atoms with Crippen molar-refractivity contribution in [1.82, 2.24) is 0 Å². The maximum absolute atomic E-state index is 3.97. The van der Waals surface area contributed by atoms with Gasteiger partial charge in [-0.1, -0.05) is 0 Å². The van der Waals surface area contributed by atoms with Gasteiger partial charge < -0.3 is 4.90 Å². The van der Waals surface area contributed by atoms with Crippen LogP contribution in [0.1, 0.15) is 25.7 Å². The van der Waals surface area contributed by atoms with Gasteiger partial charge in [-0.15, -0.1) is 0 Å². The van der Waals surface area contributed by atoms with Gasteiger partial charge in [-0.05, 0) is 25.7 Å². The zero-order valence-electron chi connectivity index (χ0n) is 5.45. The van der Waals surface area contributed by atoms with Crippen molar-refractivity contribution in [1.29, 1.82) is 0 Å². The summed E-state index contributed by atoms with van der Waals surface area (Å²) in [5.41, 5.74) is 0. The Bertz CT molecular complexity index is 53.4. The maximum atomic E-state index is 3.97. The van der Waals surface area contributed by atoms with Gasteiger partial charge in [0.2, 0.25) is 0 Å². The molecule has 1 heterocycles. The average molecular weight is 113 g/mol. The van der Waals surface area contributed by atoms with E-state index in [1.807, 2.05) is 0 Å². The average Bonchev–Trinajstić information content (AvgIpc) is 1.94. The SMILES string of the molecule is [CH2-][NH+]1CCCCCC1. The van der Waals surface area contributed by atoms with Gasteiger partial charge in [0.1, 0.15) is 0 Å². The highest BCUT2D eigenvalue weighted by atomic mass is 15.1. The fourth-order valence-corrected chi connectivity index (χ4v) is 1.23. The van der Waals surface area contributed by atoms with Crippen molar-refractivity contribution in [2.75, 3.05) is 13.1 Å². The first-order valence-corrected chi connectivity index (χ1v) is 3.56. The van der Waals surface area contributed by atoms with E-state index in [-0.39, 0.29) is 0 Å². The fraction of sp³-hybridized carbons (Fsp3) is 0.857. The van der Waals surface area contributed by atoms with E-state index in [0.29, 0.717) is 0 Å². The second-order valence-electron chi connectivity index (χ2n) is 2.66. The zero-order valence-corrected chi connectivity index (χ0v) is 5.45. The number of rotatable bonds is 0. The van der Waals surface area contributed by atoms with Crippen molar-refractivity contribution < 1.29 is 4.90 Å². The third kappa shape index (κ3) is 1.83. The minimum absolute atomic E-state index is 1.29. The smallest absolute Gasteiger partial charge is 0.0530 e. The molecule has 8 heavy (non-hydrogen) atoms. The van der Waals surface area contributed by atoms with Crippen molar-refractivity contribution in [2.45, 2.75) is 25.7 Å². The van der Waals surface area contributed by atoms with E-state index in [0.717, 1.165) is 0 Å². The molecule has 0 aliphatic carbocycles. The Kier molecular flexibility index (Phi) is 2.34. The third-order valence-electron chi connectivity index (χ3n) is 1.81. The van der Waals surface area contributed by atoms with Crippen LogP contribution in [0.15, 0.2) is 0 Å². The lowest BCUT2D eigenvalue weighted by Crippen LogP contribution is -3.06. The lowest BCUT2D eigenvalue weighted by atomic mass is 10.2. The standard InChI is InChI=1S/C7H15N/c1-8-6-4-2-3-5-7-8/h8H,1-7H2. The second kappa shape index (κ2) is 3.08. The summed E-state index contributed by atoms with van der Waals surface area (Å²) in [6, 6.07) is 0. The van der Waals surface area contributed by atoms with Gasteiger partial charge in [-0.25, -0.2) is 0 Å². The second-order valence-corrected chi connectivity index (χ2v) is 2.66. The van der Waals surface area contributed by atoms with Crippen LogP contribution in [0.4, 0.5) is 0 Å². The molecular weight excluding hydrogens is 98.1 g/mol. The molecule has 0 unspecified atom stereocenters. The lowest BCUT2D eigenvalue weighted by Gasteiger charge is -2.16. The molecule has 1 saturated heterocycles. The summed E-state index contributed by atoms with van der Waals surface area (Å²) in [6.07, 6.45) is 5.63. The van der Waals surface area contributed by atoms with Crippen molar-refractivity contribution in [3.63, 3.8) is 0 Å². The first kappa shape index (κ1) is 6.09. The van der Waals surface area contributed by atoms with Gasteiger partial charge >= 0.3 is 0 Å². The Labute approximate surface area is 51.7 Å². The number of hydrogen-bond acceptors (Lipinski definition) is 0. The van der Waals surface area contributed by atoms with Crippen LogP contribution < -0.4 is 4.90 Å². The van der Waals surface area contributed by atoms with Crippen LogP contribution in [0.2, 0.25) is 0 Å². The molecule has 0 radical (unpaired) electrons. The van der Waals surface area contributed by atoms with Crippen molar-refractivity contribution >= 4 is 0 Å². The molecule has 0 amide bonds. The molecule has 1 heteroatoms. The Balaban J connectivity index is 2.17. The van der Waals surface area contributed by atoms with Crippen LogP contribution in [0.25, 0.3) is 0 Å². The summed E-state index contributed by atoms with van der Waals surface area (Å²) in [5, 5.41) is 0. The van der Waals surface area contributed by atoms with Gasteiger partial charge in [-0.3, -0.25) is 0 Å². The highest BCUT2D eigenvalue weighted by Gasteiger charge is 2.01. The highest BCUT2D eigenvalue weighted by molar-refractivity contribution is 4.45. The molecule has 1 nitrogen and oxygen atoms in total.